The van der Waals surface area contributed by atoms with Crippen molar-refractivity contribution in [2.45, 2.75) is 26.2 Å². The number of nitrogens with zero attached hydrogens (tertiary/aromatic N) is 2. The number of nitrogens with one attached hydrogen (secondary N) is 1. The van der Waals surface area contributed by atoms with Crippen molar-refractivity contribution in [2.75, 3.05) is 26.2 Å². The molecule has 2 aliphatic heterocycles. The number of rotatable bonds is 1. The summed E-state index contributed by atoms with van der Waals surface area (Å²) < 4.78 is 0. The first kappa shape index (κ1) is 18.2. The lowest BCUT2D eigenvalue weighted by Gasteiger charge is -2.33. The van der Waals surface area contributed by atoms with Crippen molar-refractivity contribution in [1.29, 1.82) is 0 Å². The normalized spacial score (nSPS) is 19.8. The topological polar surface area (TPSA) is 45.2 Å². The van der Waals surface area contributed by atoms with Crippen LogP contribution in [0.25, 0.3) is 0 Å². The number of likely N-dealkylation sites (tertiary alicyclic amines) is 1. The van der Waals surface area contributed by atoms with E-state index in [0.29, 0.717) is 5.41 Å². The van der Waals surface area contributed by atoms with E-state index in [0.717, 1.165) is 43.9 Å². The Kier molecular flexibility index (Phi) is 6.44. The molecule has 4 nitrogen and oxygen atoms in total. The zero-order valence-corrected chi connectivity index (χ0v) is 13.9. The van der Waals surface area contributed by atoms with Crippen LogP contribution in [-0.4, -0.2) is 42.0 Å². The van der Waals surface area contributed by atoms with E-state index in [2.05, 4.69) is 10.3 Å². The van der Waals surface area contributed by atoms with Gasteiger partial charge in [-0.25, -0.2) is 0 Å². The van der Waals surface area contributed by atoms with Crippen molar-refractivity contribution in [3.63, 3.8) is 0 Å². The number of piperidine rings is 1. The fourth-order valence-electron chi connectivity index (χ4n) is 3.25. The van der Waals surface area contributed by atoms with Gasteiger partial charge in [-0.2, -0.15) is 0 Å². The zero-order chi connectivity index (χ0) is 13.3. The standard InChI is InChI=1S/C15H21N3O.2ClH/c1-12-2-3-13(10-17-12)14(19)18-9-6-15(11-18)4-7-16-8-5-15;;/h2-3,10,16H,4-9,11H2,1H3;2*1H. The summed E-state index contributed by atoms with van der Waals surface area (Å²) in [7, 11) is 0. The molecular weight excluding hydrogens is 309 g/mol. The van der Waals surface area contributed by atoms with Crippen LogP contribution in [0, 0.1) is 12.3 Å². The molecule has 0 aliphatic carbocycles. The minimum absolute atomic E-state index is 0. The number of pyridine rings is 1. The van der Waals surface area contributed by atoms with Crippen molar-refractivity contribution < 1.29 is 4.79 Å². The van der Waals surface area contributed by atoms with Crippen LogP contribution in [0.2, 0.25) is 0 Å². The number of amides is 1. The summed E-state index contributed by atoms with van der Waals surface area (Å²) in [5, 5.41) is 3.40. The maximum Gasteiger partial charge on any atom is 0.255 e. The average molecular weight is 332 g/mol. The smallest absolute Gasteiger partial charge is 0.255 e. The third-order valence-corrected chi connectivity index (χ3v) is 4.55. The average Bonchev–Trinajstić information content (AvgIpc) is 2.83. The molecule has 0 bridgehead atoms. The predicted octanol–water partition coefficient (Wildman–Crippen LogP) is 2.45. The highest BCUT2D eigenvalue weighted by Gasteiger charge is 2.40. The highest BCUT2D eigenvalue weighted by molar-refractivity contribution is 5.94. The maximum absolute atomic E-state index is 12.5. The van der Waals surface area contributed by atoms with Crippen LogP contribution in [0.3, 0.4) is 0 Å². The van der Waals surface area contributed by atoms with Crippen molar-refractivity contribution in [2.24, 2.45) is 5.41 Å². The minimum Gasteiger partial charge on any atom is -0.338 e. The second-order valence-corrected chi connectivity index (χ2v) is 5.91. The Bertz CT molecular complexity index is 472. The second kappa shape index (κ2) is 7.43. The molecule has 0 saturated carbocycles. The van der Waals surface area contributed by atoms with Gasteiger partial charge in [-0.1, -0.05) is 0 Å². The largest absolute Gasteiger partial charge is 0.338 e. The first-order valence-electron chi connectivity index (χ1n) is 7.11. The van der Waals surface area contributed by atoms with E-state index in [9.17, 15) is 4.79 Å². The lowest BCUT2D eigenvalue weighted by Crippen LogP contribution is -2.39. The Morgan fingerprint density at radius 3 is 2.57 bits per heavy atom. The molecule has 1 amide bonds. The van der Waals surface area contributed by atoms with Gasteiger partial charge in [0.2, 0.25) is 0 Å². The molecular formula is C15H23Cl2N3O. The van der Waals surface area contributed by atoms with E-state index in [1.54, 1.807) is 6.20 Å². The first-order chi connectivity index (χ1) is 9.19. The summed E-state index contributed by atoms with van der Waals surface area (Å²) in [6, 6.07) is 3.79. The van der Waals surface area contributed by atoms with Gasteiger partial charge < -0.3 is 10.2 Å². The number of carbonyl (C=O) groups excluding carboxylic acids is 1. The molecule has 0 radical (unpaired) electrons. The quantitative estimate of drug-likeness (QED) is 0.859. The summed E-state index contributed by atoms with van der Waals surface area (Å²) in [5.41, 5.74) is 2.04. The molecule has 1 spiro atoms. The third-order valence-electron chi connectivity index (χ3n) is 4.55. The molecule has 2 fully saturated rings. The number of aromatic nitrogens is 1. The molecule has 1 aromatic heterocycles. The minimum atomic E-state index is 0. The monoisotopic (exact) mass is 331 g/mol. The second-order valence-electron chi connectivity index (χ2n) is 5.91. The van der Waals surface area contributed by atoms with E-state index in [-0.39, 0.29) is 30.7 Å². The SMILES string of the molecule is Cc1ccc(C(=O)N2CCC3(CCNCC3)C2)cn1.Cl.Cl. The summed E-state index contributed by atoms with van der Waals surface area (Å²) in [6.07, 6.45) is 5.25. The number of halogens is 2. The zero-order valence-electron chi connectivity index (χ0n) is 12.3. The number of hydrogen-bond acceptors (Lipinski definition) is 3. The molecule has 0 atom stereocenters. The Labute approximate surface area is 138 Å². The highest BCUT2D eigenvalue weighted by Crippen LogP contribution is 2.38. The Morgan fingerprint density at radius 1 is 1.24 bits per heavy atom. The number of carbonyl (C=O) groups is 1. The molecule has 21 heavy (non-hydrogen) atoms. The van der Waals surface area contributed by atoms with Gasteiger partial charge in [-0.15, -0.1) is 24.8 Å². The molecule has 2 aliphatic rings. The van der Waals surface area contributed by atoms with E-state index in [1.165, 1.54) is 12.8 Å². The summed E-state index contributed by atoms with van der Waals surface area (Å²) >= 11 is 0. The number of aryl methyl sites for hydroxylation is 1. The molecule has 6 heteroatoms. The lowest BCUT2D eigenvalue weighted by molar-refractivity contribution is 0.0761. The van der Waals surface area contributed by atoms with E-state index in [1.807, 2.05) is 24.0 Å². The Hall–Kier alpha value is -0.840. The van der Waals surface area contributed by atoms with Crippen LogP contribution < -0.4 is 5.32 Å². The molecule has 2 saturated heterocycles. The van der Waals surface area contributed by atoms with Crippen LogP contribution in [0.4, 0.5) is 0 Å². The van der Waals surface area contributed by atoms with Gasteiger partial charge in [-0.3, -0.25) is 9.78 Å². The highest BCUT2D eigenvalue weighted by atomic mass is 35.5. The fourth-order valence-corrected chi connectivity index (χ4v) is 3.25. The lowest BCUT2D eigenvalue weighted by atomic mass is 9.78. The van der Waals surface area contributed by atoms with Gasteiger partial charge in [0, 0.05) is 25.0 Å². The molecule has 0 aromatic carbocycles. The maximum atomic E-state index is 12.5. The summed E-state index contributed by atoms with van der Waals surface area (Å²) in [5.74, 6) is 0.142. The molecule has 0 unspecified atom stereocenters. The Balaban J connectivity index is 0.00000110. The van der Waals surface area contributed by atoms with Crippen LogP contribution in [0.5, 0.6) is 0 Å². The van der Waals surface area contributed by atoms with Gasteiger partial charge in [-0.05, 0) is 56.8 Å². The van der Waals surface area contributed by atoms with Crippen LogP contribution >= 0.6 is 24.8 Å². The fraction of sp³-hybridized carbons (Fsp3) is 0.600. The first-order valence-corrected chi connectivity index (χ1v) is 7.11. The molecule has 3 heterocycles. The Morgan fingerprint density at radius 2 is 1.95 bits per heavy atom. The van der Waals surface area contributed by atoms with Gasteiger partial charge >= 0.3 is 0 Å². The van der Waals surface area contributed by atoms with Crippen LogP contribution in [0.15, 0.2) is 18.3 Å². The third kappa shape index (κ3) is 3.87. The van der Waals surface area contributed by atoms with Gasteiger partial charge in [0.15, 0.2) is 0 Å². The molecule has 3 rings (SSSR count). The predicted molar refractivity (Wildman–Crippen MR) is 88.5 cm³/mol. The molecule has 1 N–H and O–H groups in total. The molecule has 118 valence electrons. The number of hydrogen-bond donors (Lipinski definition) is 1. The van der Waals surface area contributed by atoms with Gasteiger partial charge in [0.05, 0.1) is 5.56 Å². The van der Waals surface area contributed by atoms with Gasteiger partial charge in [0.25, 0.3) is 5.91 Å². The van der Waals surface area contributed by atoms with Crippen molar-refractivity contribution in [1.82, 2.24) is 15.2 Å². The van der Waals surface area contributed by atoms with E-state index < -0.39 is 0 Å². The van der Waals surface area contributed by atoms with Crippen LogP contribution in [-0.2, 0) is 0 Å². The van der Waals surface area contributed by atoms with Crippen molar-refractivity contribution in [3.8, 4) is 0 Å². The van der Waals surface area contributed by atoms with Crippen molar-refractivity contribution >= 4 is 30.7 Å². The van der Waals surface area contributed by atoms with E-state index >= 15 is 0 Å². The van der Waals surface area contributed by atoms with Crippen LogP contribution in [0.1, 0.15) is 35.3 Å². The van der Waals surface area contributed by atoms with E-state index in [4.69, 9.17) is 0 Å². The van der Waals surface area contributed by atoms with Gasteiger partial charge in [0.1, 0.15) is 0 Å². The summed E-state index contributed by atoms with van der Waals surface area (Å²) in [6.45, 7) is 5.93. The summed E-state index contributed by atoms with van der Waals surface area (Å²) in [4.78, 5) is 18.7. The molecule has 1 aromatic rings. The van der Waals surface area contributed by atoms with Crippen molar-refractivity contribution in [3.05, 3.63) is 29.6 Å².